The van der Waals surface area contributed by atoms with Crippen molar-refractivity contribution in [2.45, 2.75) is 27.7 Å². The van der Waals surface area contributed by atoms with Crippen molar-refractivity contribution in [1.82, 2.24) is 15.2 Å². The number of aromatic amines is 1. The first-order chi connectivity index (χ1) is 13.8. The van der Waals surface area contributed by atoms with Crippen LogP contribution in [0.15, 0.2) is 18.2 Å². The van der Waals surface area contributed by atoms with Crippen LogP contribution in [0.5, 0.6) is 0 Å². The summed E-state index contributed by atoms with van der Waals surface area (Å²) in [5.74, 6) is -0.836. The highest BCUT2D eigenvalue weighted by atomic mass is 79.9. The molecule has 0 unspecified atom stereocenters. The zero-order chi connectivity index (χ0) is 21.1. The van der Waals surface area contributed by atoms with Gasteiger partial charge in [0, 0.05) is 35.7 Å². The third-order valence-corrected chi connectivity index (χ3v) is 5.36. The first-order valence-electron chi connectivity index (χ1n) is 9.88. The van der Waals surface area contributed by atoms with Crippen LogP contribution in [-0.2, 0) is 4.79 Å². The SMILES string of the molecule is Br.CCN(CC)CCNC(=O)c1c(C)[nH]c(C=C2C(=O)Nc3ccc(F)cc32)c1C. The van der Waals surface area contributed by atoms with E-state index in [1.807, 2.05) is 13.8 Å². The second-order valence-electron chi connectivity index (χ2n) is 7.15. The molecule has 30 heavy (non-hydrogen) atoms. The molecular formula is C22H28BrFN4O2. The Balaban J connectivity index is 0.00000320. The monoisotopic (exact) mass is 478 g/mol. The van der Waals surface area contributed by atoms with Crippen LogP contribution in [0.4, 0.5) is 10.1 Å². The standard InChI is InChI=1S/C22H27FN4O2.BrH/c1-5-27(6-2)10-9-24-22(29)20-13(3)19(25-14(20)4)12-17-16-11-15(23)7-8-18(16)26-21(17)28;/h7-8,11-12,25H,5-6,9-10H2,1-4H3,(H,24,29)(H,26,28);1H. The molecule has 3 rings (SSSR count). The summed E-state index contributed by atoms with van der Waals surface area (Å²) in [4.78, 5) is 30.5. The molecule has 1 aliphatic rings. The van der Waals surface area contributed by atoms with Crippen LogP contribution >= 0.6 is 17.0 Å². The van der Waals surface area contributed by atoms with Gasteiger partial charge in [-0.25, -0.2) is 4.39 Å². The Kier molecular flexibility index (Phi) is 7.97. The number of hydrogen-bond donors (Lipinski definition) is 3. The number of amides is 2. The van der Waals surface area contributed by atoms with Crippen molar-refractivity contribution in [2.75, 3.05) is 31.5 Å². The highest BCUT2D eigenvalue weighted by Gasteiger charge is 2.26. The van der Waals surface area contributed by atoms with E-state index in [0.717, 1.165) is 30.9 Å². The van der Waals surface area contributed by atoms with E-state index in [9.17, 15) is 14.0 Å². The van der Waals surface area contributed by atoms with Crippen LogP contribution in [0.2, 0.25) is 0 Å². The van der Waals surface area contributed by atoms with Crippen LogP contribution in [0.1, 0.15) is 46.7 Å². The molecule has 1 aliphatic heterocycles. The van der Waals surface area contributed by atoms with E-state index in [0.29, 0.717) is 34.6 Å². The summed E-state index contributed by atoms with van der Waals surface area (Å²) in [7, 11) is 0. The van der Waals surface area contributed by atoms with Gasteiger partial charge in [-0.05, 0) is 56.8 Å². The molecule has 0 atom stereocenters. The number of anilines is 1. The number of nitrogens with zero attached hydrogens (tertiary/aromatic N) is 1. The third-order valence-electron chi connectivity index (χ3n) is 5.36. The molecule has 0 fully saturated rings. The summed E-state index contributed by atoms with van der Waals surface area (Å²) in [5.41, 5.74) is 4.20. The predicted octanol–water partition coefficient (Wildman–Crippen LogP) is 3.91. The lowest BCUT2D eigenvalue weighted by Gasteiger charge is -2.18. The Hall–Kier alpha value is -2.45. The molecule has 2 amide bonds. The number of likely N-dealkylation sites (N-methyl/N-ethyl adjacent to an activating group) is 1. The molecule has 0 radical (unpaired) electrons. The molecule has 2 heterocycles. The fourth-order valence-corrected chi connectivity index (χ4v) is 3.66. The van der Waals surface area contributed by atoms with Gasteiger partial charge < -0.3 is 20.5 Å². The smallest absolute Gasteiger partial charge is 0.256 e. The average Bonchev–Trinajstić information content (AvgIpc) is 3.14. The fraction of sp³-hybridized carbons (Fsp3) is 0.364. The van der Waals surface area contributed by atoms with Crippen LogP contribution in [0.25, 0.3) is 11.6 Å². The maximum atomic E-state index is 13.7. The minimum atomic E-state index is -0.404. The number of benzene rings is 1. The lowest BCUT2D eigenvalue weighted by Crippen LogP contribution is -2.35. The molecule has 3 N–H and O–H groups in total. The molecule has 6 nitrogen and oxygen atoms in total. The summed E-state index contributed by atoms with van der Waals surface area (Å²) >= 11 is 0. The van der Waals surface area contributed by atoms with Crippen molar-refractivity contribution in [2.24, 2.45) is 0 Å². The lowest BCUT2D eigenvalue weighted by atomic mass is 10.0. The Morgan fingerprint density at radius 3 is 2.60 bits per heavy atom. The maximum absolute atomic E-state index is 13.7. The van der Waals surface area contributed by atoms with E-state index in [1.165, 1.54) is 12.1 Å². The summed E-state index contributed by atoms with van der Waals surface area (Å²) < 4.78 is 13.7. The first-order valence-corrected chi connectivity index (χ1v) is 9.88. The number of halogens is 2. The quantitative estimate of drug-likeness (QED) is 0.527. The summed E-state index contributed by atoms with van der Waals surface area (Å²) in [6.45, 7) is 11.1. The van der Waals surface area contributed by atoms with Gasteiger partial charge in [0.25, 0.3) is 11.8 Å². The zero-order valence-electron chi connectivity index (χ0n) is 17.7. The Morgan fingerprint density at radius 2 is 1.93 bits per heavy atom. The van der Waals surface area contributed by atoms with Gasteiger partial charge in [-0.3, -0.25) is 9.59 Å². The number of nitrogens with one attached hydrogen (secondary N) is 3. The predicted molar refractivity (Wildman–Crippen MR) is 124 cm³/mol. The molecule has 162 valence electrons. The minimum Gasteiger partial charge on any atom is -0.358 e. The van der Waals surface area contributed by atoms with Crippen molar-refractivity contribution in [3.8, 4) is 0 Å². The number of aryl methyl sites for hydroxylation is 1. The van der Waals surface area contributed by atoms with Gasteiger partial charge in [0.15, 0.2) is 0 Å². The Bertz CT molecular complexity index is 980. The van der Waals surface area contributed by atoms with Crippen molar-refractivity contribution in [3.05, 3.63) is 52.1 Å². The van der Waals surface area contributed by atoms with Gasteiger partial charge in [-0.1, -0.05) is 13.8 Å². The minimum absolute atomic E-state index is 0. The number of fused-ring (bicyclic) bond motifs is 1. The zero-order valence-corrected chi connectivity index (χ0v) is 19.4. The number of carbonyl (C=O) groups is 2. The van der Waals surface area contributed by atoms with Gasteiger partial charge in [-0.2, -0.15) is 0 Å². The molecule has 1 aromatic heterocycles. The van der Waals surface area contributed by atoms with Crippen molar-refractivity contribution in [1.29, 1.82) is 0 Å². The van der Waals surface area contributed by atoms with E-state index in [4.69, 9.17) is 0 Å². The molecule has 8 heteroatoms. The van der Waals surface area contributed by atoms with Crippen LogP contribution in [0.3, 0.4) is 0 Å². The normalized spacial score (nSPS) is 13.9. The topological polar surface area (TPSA) is 77.2 Å². The molecule has 1 aromatic carbocycles. The lowest BCUT2D eigenvalue weighted by molar-refractivity contribution is -0.110. The van der Waals surface area contributed by atoms with Crippen molar-refractivity contribution in [3.63, 3.8) is 0 Å². The second kappa shape index (κ2) is 10.0. The second-order valence-corrected chi connectivity index (χ2v) is 7.15. The Labute approximate surface area is 186 Å². The number of H-pyrrole nitrogens is 1. The van der Waals surface area contributed by atoms with Gasteiger partial charge in [0.05, 0.1) is 11.1 Å². The van der Waals surface area contributed by atoms with Crippen molar-refractivity contribution < 1.29 is 14.0 Å². The first kappa shape index (κ1) is 23.8. The molecule has 0 spiro atoms. The molecule has 0 saturated heterocycles. The molecule has 2 aromatic rings. The third kappa shape index (κ3) is 4.82. The highest BCUT2D eigenvalue weighted by molar-refractivity contribution is 8.93. The van der Waals surface area contributed by atoms with Crippen LogP contribution < -0.4 is 10.6 Å². The highest BCUT2D eigenvalue weighted by Crippen LogP contribution is 2.34. The van der Waals surface area contributed by atoms with E-state index in [-0.39, 0.29) is 28.8 Å². The van der Waals surface area contributed by atoms with E-state index in [2.05, 4.69) is 34.4 Å². The van der Waals surface area contributed by atoms with E-state index >= 15 is 0 Å². The molecule has 0 bridgehead atoms. The number of rotatable bonds is 7. The fourth-order valence-electron chi connectivity index (χ4n) is 3.66. The molecule has 0 saturated carbocycles. The maximum Gasteiger partial charge on any atom is 0.256 e. The van der Waals surface area contributed by atoms with Gasteiger partial charge in [0.1, 0.15) is 5.82 Å². The van der Waals surface area contributed by atoms with Gasteiger partial charge in [-0.15, -0.1) is 17.0 Å². The van der Waals surface area contributed by atoms with Gasteiger partial charge in [0.2, 0.25) is 0 Å². The molecular weight excluding hydrogens is 451 g/mol. The summed E-state index contributed by atoms with van der Waals surface area (Å²) in [5, 5.41) is 5.70. The van der Waals surface area contributed by atoms with Crippen LogP contribution in [0, 0.1) is 19.7 Å². The van der Waals surface area contributed by atoms with E-state index in [1.54, 1.807) is 12.1 Å². The Morgan fingerprint density at radius 1 is 1.23 bits per heavy atom. The number of carbonyl (C=O) groups excluding carboxylic acids is 2. The number of aromatic nitrogens is 1. The van der Waals surface area contributed by atoms with Gasteiger partial charge >= 0.3 is 0 Å². The van der Waals surface area contributed by atoms with Crippen molar-refractivity contribution >= 4 is 46.1 Å². The largest absolute Gasteiger partial charge is 0.358 e. The average molecular weight is 479 g/mol. The molecule has 0 aliphatic carbocycles. The summed E-state index contributed by atoms with van der Waals surface area (Å²) in [6.07, 6.45) is 1.68. The van der Waals surface area contributed by atoms with E-state index < -0.39 is 5.82 Å². The summed E-state index contributed by atoms with van der Waals surface area (Å²) in [6, 6.07) is 4.20. The van der Waals surface area contributed by atoms with Crippen LogP contribution in [-0.4, -0.2) is 47.9 Å². The number of hydrogen-bond acceptors (Lipinski definition) is 3.